The molecule has 0 bridgehead atoms. The maximum atomic E-state index is 12.6. The van der Waals surface area contributed by atoms with Crippen molar-refractivity contribution in [3.05, 3.63) is 46.3 Å². The van der Waals surface area contributed by atoms with Gasteiger partial charge in [0.25, 0.3) is 0 Å². The van der Waals surface area contributed by atoms with E-state index in [1.54, 1.807) is 0 Å². The molecule has 0 aliphatic heterocycles. The molecule has 0 saturated heterocycles. The molecule has 2 aromatic rings. The smallest absolute Gasteiger partial charge is 0.231 e. The number of hydrogen-bond donors (Lipinski definition) is 2. The molecule has 4 nitrogen and oxygen atoms in total. The van der Waals surface area contributed by atoms with Crippen molar-refractivity contribution in [1.29, 1.82) is 0 Å². The van der Waals surface area contributed by atoms with E-state index in [9.17, 15) is 4.79 Å². The van der Waals surface area contributed by atoms with Crippen molar-refractivity contribution in [2.45, 2.75) is 47.0 Å². The quantitative estimate of drug-likeness (QED) is 0.901. The van der Waals surface area contributed by atoms with Crippen LogP contribution in [0, 0.1) is 20.8 Å². The second kappa shape index (κ2) is 6.12. The zero-order valence-corrected chi connectivity index (χ0v) is 13.4. The van der Waals surface area contributed by atoms with E-state index in [1.807, 2.05) is 39.8 Å². The predicted octanol–water partition coefficient (Wildman–Crippen LogP) is 3.64. The van der Waals surface area contributed by atoms with Gasteiger partial charge >= 0.3 is 0 Å². The van der Waals surface area contributed by atoms with Crippen LogP contribution < -0.4 is 5.32 Å². The molecule has 0 aliphatic rings. The summed E-state index contributed by atoms with van der Waals surface area (Å²) in [5, 5.41) is 10.2. The van der Waals surface area contributed by atoms with Gasteiger partial charge in [0.2, 0.25) is 5.91 Å². The van der Waals surface area contributed by atoms with Crippen molar-refractivity contribution < 1.29 is 4.79 Å². The molecule has 0 fully saturated rings. The number of nitrogens with one attached hydrogen (secondary N) is 2. The van der Waals surface area contributed by atoms with Gasteiger partial charge in [-0.3, -0.25) is 9.89 Å². The second-order valence-corrected chi connectivity index (χ2v) is 5.52. The summed E-state index contributed by atoms with van der Waals surface area (Å²) in [7, 11) is 0. The lowest BCUT2D eigenvalue weighted by molar-refractivity contribution is -0.117. The van der Waals surface area contributed by atoms with Crippen LogP contribution in [0.3, 0.4) is 0 Å². The first-order valence-corrected chi connectivity index (χ1v) is 7.36. The Balaban J connectivity index is 2.27. The highest BCUT2D eigenvalue weighted by molar-refractivity contribution is 5.97. The van der Waals surface area contributed by atoms with Crippen LogP contribution in [0.4, 0.5) is 5.69 Å². The first kappa shape index (κ1) is 15.3. The minimum atomic E-state index is -0.229. The third-order valence-electron chi connectivity index (χ3n) is 4.00. The number of H-pyrrole nitrogens is 1. The number of para-hydroxylation sites is 1. The zero-order chi connectivity index (χ0) is 15.6. The van der Waals surface area contributed by atoms with E-state index in [1.165, 1.54) is 0 Å². The Labute approximate surface area is 126 Å². The fourth-order valence-corrected chi connectivity index (χ4v) is 2.76. The lowest BCUT2D eigenvalue weighted by atomic mass is 9.97. The first-order chi connectivity index (χ1) is 9.95. The molecule has 1 aromatic heterocycles. The van der Waals surface area contributed by atoms with Crippen molar-refractivity contribution in [1.82, 2.24) is 10.2 Å². The Morgan fingerprint density at radius 3 is 2.62 bits per heavy atom. The van der Waals surface area contributed by atoms with Crippen LogP contribution in [0.1, 0.15) is 47.8 Å². The van der Waals surface area contributed by atoms with Gasteiger partial charge < -0.3 is 5.32 Å². The Morgan fingerprint density at radius 2 is 2.05 bits per heavy atom. The average Bonchev–Trinajstić information content (AvgIpc) is 2.79. The van der Waals surface area contributed by atoms with Crippen LogP contribution in [0.25, 0.3) is 0 Å². The Bertz CT molecular complexity index is 639. The molecule has 21 heavy (non-hydrogen) atoms. The van der Waals surface area contributed by atoms with E-state index in [2.05, 4.69) is 28.5 Å². The molecule has 1 atom stereocenters. The highest BCUT2D eigenvalue weighted by Gasteiger charge is 2.22. The average molecular weight is 285 g/mol. The summed E-state index contributed by atoms with van der Waals surface area (Å²) in [5.74, 6) is -0.223. The summed E-state index contributed by atoms with van der Waals surface area (Å²) in [4.78, 5) is 12.6. The number of aromatic amines is 1. The lowest BCUT2D eigenvalue weighted by Gasteiger charge is -2.17. The van der Waals surface area contributed by atoms with Crippen LogP contribution >= 0.6 is 0 Å². The maximum absolute atomic E-state index is 12.6. The van der Waals surface area contributed by atoms with Gasteiger partial charge in [0, 0.05) is 16.9 Å². The molecule has 0 saturated carbocycles. The minimum absolute atomic E-state index is 0.00611. The Kier molecular flexibility index (Phi) is 4.46. The van der Waals surface area contributed by atoms with Crippen molar-refractivity contribution >= 4 is 11.6 Å². The number of aromatic nitrogens is 2. The first-order valence-electron chi connectivity index (χ1n) is 7.36. The number of amides is 1. The molecule has 1 unspecified atom stereocenters. The van der Waals surface area contributed by atoms with Crippen LogP contribution in [0.2, 0.25) is 0 Å². The normalized spacial score (nSPS) is 12.2. The van der Waals surface area contributed by atoms with Crippen LogP contribution in [0.5, 0.6) is 0 Å². The van der Waals surface area contributed by atoms with E-state index in [-0.39, 0.29) is 11.8 Å². The molecule has 0 radical (unpaired) electrons. The van der Waals surface area contributed by atoms with Gasteiger partial charge in [0.05, 0.1) is 11.6 Å². The molecular formula is C17H23N3O. The summed E-state index contributed by atoms with van der Waals surface area (Å²) in [6.45, 7) is 9.91. The third-order valence-corrected chi connectivity index (χ3v) is 4.00. The van der Waals surface area contributed by atoms with Gasteiger partial charge in [-0.05, 0) is 45.2 Å². The molecule has 1 heterocycles. The fraction of sp³-hybridized carbons (Fsp3) is 0.412. The fourth-order valence-electron chi connectivity index (χ4n) is 2.76. The summed E-state index contributed by atoms with van der Waals surface area (Å²) in [6.07, 6.45) is 0.898. The topological polar surface area (TPSA) is 57.8 Å². The van der Waals surface area contributed by atoms with E-state index >= 15 is 0 Å². The van der Waals surface area contributed by atoms with Crippen LogP contribution in [-0.4, -0.2) is 16.1 Å². The SMILES string of the molecule is CCc1cccc(C)c1NC(=O)C(C)c1c(C)n[nH]c1C. The lowest BCUT2D eigenvalue weighted by Crippen LogP contribution is -2.21. The number of nitrogens with zero attached hydrogens (tertiary/aromatic N) is 1. The summed E-state index contributed by atoms with van der Waals surface area (Å²) in [6, 6.07) is 6.10. The number of benzene rings is 1. The van der Waals surface area contributed by atoms with Gasteiger partial charge in [-0.25, -0.2) is 0 Å². The van der Waals surface area contributed by atoms with Crippen molar-refractivity contribution in [3.8, 4) is 0 Å². The monoisotopic (exact) mass is 285 g/mol. The van der Waals surface area contributed by atoms with Gasteiger partial charge in [0.15, 0.2) is 0 Å². The predicted molar refractivity (Wildman–Crippen MR) is 85.7 cm³/mol. The van der Waals surface area contributed by atoms with Gasteiger partial charge in [-0.15, -0.1) is 0 Å². The molecule has 2 N–H and O–H groups in total. The second-order valence-electron chi connectivity index (χ2n) is 5.52. The molecule has 4 heteroatoms. The molecular weight excluding hydrogens is 262 g/mol. The molecule has 1 amide bonds. The molecule has 0 spiro atoms. The largest absolute Gasteiger partial charge is 0.325 e. The van der Waals surface area contributed by atoms with Crippen molar-refractivity contribution in [2.24, 2.45) is 0 Å². The van der Waals surface area contributed by atoms with Crippen molar-refractivity contribution in [2.75, 3.05) is 5.32 Å². The van der Waals surface area contributed by atoms with E-state index in [0.717, 1.165) is 40.2 Å². The van der Waals surface area contributed by atoms with E-state index < -0.39 is 0 Å². The number of rotatable bonds is 4. The van der Waals surface area contributed by atoms with Gasteiger partial charge in [0.1, 0.15) is 0 Å². The number of carbonyl (C=O) groups is 1. The third kappa shape index (κ3) is 2.99. The number of anilines is 1. The molecule has 112 valence electrons. The minimum Gasteiger partial charge on any atom is -0.325 e. The summed E-state index contributed by atoms with van der Waals surface area (Å²) < 4.78 is 0. The summed E-state index contributed by atoms with van der Waals surface area (Å²) in [5.41, 5.74) is 6.02. The number of carbonyl (C=O) groups excluding carboxylic acids is 1. The Morgan fingerprint density at radius 1 is 1.33 bits per heavy atom. The van der Waals surface area contributed by atoms with Gasteiger partial charge in [-0.2, -0.15) is 5.10 Å². The molecule has 2 rings (SSSR count). The van der Waals surface area contributed by atoms with Crippen molar-refractivity contribution in [3.63, 3.8) is 0 Å². The molecule has 1 aromatic carbocycles. The molecule has 0 aliphatic carbocycles. The Hall–Kier alpha value is -2.10. The summed E-state index contributed by atoms with van der Waals surface area (Å²) >= 11 is 0. The maximum Gasteiger partial charge on any atom is 0.231 e. The zero-order valence-electron chi connectivity index (χ0n) is 13.4. The highest BCUT2D eigenvalue weighted by Crippen LogP contribution is 2.26. The van der Waals surface area contributed by atoms with Crippen LogP contribution in [-0.2, 0) is 11.2 Å². The number of aryl methyl sites for hydroxylation is 4. The highest BCUT2D eigenvalue weighted by atomic mass is 16.1. The van der Waals surface area contributed by atoms with Crippen LogP contribution in [0.15, 0.2) is 18.2 Å². The van der Waals surface area contributed by atoms with E-state index in [0.29, 0.717) is 0 Å². The van der Waals surface area contributed by atoms with Gasteiger partial charge in [-0.1, -0.05) is 25.1 Å². The van der Waals surface area contributed by atoms with E-state index in [4.69, 9.17) is 0 Å². The number of hydrogen-bond acceptors (Lipinski definition) is 2. The standard InChI is InChI=1S/C17H23N3O/c1-6-14-9-7-8-10(2)16(14)18-17(21)11(3)15-12(4)19-20-13(15)5/h7-9,11H,6H2,1-5H3,(H,18,21)(H,19,20).